The molecule has 0 amide bonds. The number of hydrogen-bond donors (Lipinski definition) is 3. The SMILES string of the molecule is CCCCC1C(=CCCCC(=O)O)[C@H]2CC[C@@H](O)[C@H](C#CC(O)C3CCCCC3)[C@@H]12. The maximum atomic E-state index is 10.8. The Morgan fingerprint density at radius 3 is 2.63 bits per heavy atom. The van der Waals surface area contributed by atoms with Gasteiger partial charge in [-0.25, -0.2) is 0 Å². The van der Waals surface area contributed by atoms with Crippen LogP contribution < -0.4 is 0 Å². The third-order valence-corrected chi connectivity index (χ3v) is 7.73. The number of fused-ring (bicyclic) bond motifs is 1. The summed E-state index contributed by atoms with van der Waals surface area (Å²) in [5.41, 5.74) is 1.49. The number of aliphatic carboxylic acids is 1. The first-order valence-corrected chi connectivity index (χ1v) is 12.3. The number of aliphatic hydroxyl groups is 2. The van der Waals surface area contributed by atoms with Crippen molar-refractivity contribution in [3.63, 3.8) is 0 Å². The van der Waals surface area contributed by atoms with Crippen molar-refractivity contribution in [2.75, 3.05) is 0 Å². The van der Waals surface area contributed by atoms with Gasteiger partial charge in [-0.05, 0) is 68.6 Å². The van der Waals surface area contributed by atoms with E-state index >= 15 is 0 Å². The molecule has 0 aliphatic heterocycles. The molecule has 0 spiro atoms. The Labute approximate surface area is 182 Å². The van der Waals surface area contributed by atoms with Crippen LogP contribution in [-0.2, 0) is 4.79 Å². The number of allylic oxidation sites excluding steroid dienone is 2. The number of carbonyl (C=O) groups is 1. The normalized spacial score (nSPS) is 33.8. The Kier molecular flexibility index (Phi) is 8.84. The smallest absolute Gasteiger partial charge is 0.303 e. The van der Waals surface area contributed by atoms with E-state index in [0.29, 0.717) is 30.1 Å². The molecule has 3 rings (SSSR count). The highest BCUT2D eigenvalue weighted by molar-refractivity contribution is 5.66. The molecule has 168 valence electrons. The lowest BCUT2D eigenvalue weighted by Gasteiger charge is -2.55. The van der Waals surface area contributed by atoms with Gasteiger partial charge in [0.1, 0.15) is 6.10 Å². The predicted octanol–water partition coefficient (Wildman–Crippen LogP) is 4.94. The molecule has 30 heavy (non-hydrogen) atoms. The van der Waals surface area contributed by atoms with Gasteiger partial charge in [-0.2, -0.15) is 0 Å². The van der Waals surface area contributed by atoms with E-state index in [0.717, 1.165) is 44.9 Å². The highest BCUT2D eigenvalue weighted by Gasteiger charge is 2.52. The molecular formula is C26H40O4. The van der Waals surface area contributed by atoms with Crippen LogP contribution in [0.5, 0.6) is 0 Å². The highest BCUT2D eigenvalue weighted by atomic mass is 16.4. The third-order valence-electron chi connectivity index (χ3n) is 7.73. The summed E-state index contributed by atoms with van der Waals surface area (Å²) in [7, 11) is 0. The summed E-state index contributed by atoms with van der Waals surface area (Å²) in [4.78, 5) is 10.8. The number of carboxylic acid groups (broad SMARTS) is 1. The van der Waals surface area contributed by atoms with E-state index in [1.165, 1.54) is 31.3 Å². The second kappa shape index (κ2) is 11.3. The van der Waals surface area contributed by atoms with Crippen LogP contribution in [0.25, 0.3) is 0 Å². The molecule has 0 bridgehead atoms. The molecule has 3 N–H and O–H groups in total. The van der Waals surface area contributed by atoms with Gasteiger partial charge in [0.15, 0.2) is 0 Å². The monoisotopic (exact) mass is 416 g/mol. The molecule has 0 heterocycles. The summed E-state index contributed by atoms with van der Waals surface area (Å²) < 4.78 is 0. The van der Waals surface area contributed by atoms with Crippen LogP contribution in [-0.4, -0.2) is 33.5 Å². The topological polar surface area (TPSA) is 77.8 Å². The summed E-state index contributed by atoms with van der Waals surface area (Å²) >= 11 is 0. The second-order valence-corrected chi connectivity index (χ2v) is 9.72. The van der Waals surface area contributed by atoms with Crippen molar-refractivity contribution in [2.45, 2.75) is 103 Å². The Bertz CT molecular complexity index is 652. The van der Waals surface area contributed by atoms with Crippen molar-refractivity contribution in [1.82, 2.24) is 0 Å². The maximum Gasteiger partial charge on any atom is 0.303 e. The first-order chi connectivity index (χ1) is 14.5. The van der Waals surface area contributed by atoms with Crippen molar-refractivity contribution < 1.29 is 20.1 Å². The summed E-state index contributed by atoms with van der Waals surface area (Å²) in [6, 6.07) is 0. The van der Waals surface area contributed by atoms with E-state index < -0.39 is 18.2 Å². The van der Waals surface area contributed by atoms with E-state index in [4.69, 9.17) is 5.11 Å². The fourth-order valence-electron chi connectivity index (χ4n) is 6.08. The lowest BCUT2D eigenvalue weighted by molar-refractivity contribution is -0.137. The third kappa shape index (κ3) is 5.68. The fourth-order valence-corrected chi connectivity index (χ4v) is 6.08. The van der Waals surface area contributed by atoms with E-state index in [1.54, 1.807) is 0 Å². The number of hydrogen-bond acceptors (Lipinski definition) is 3. The van der Waals surface area contributed by atoms with Crippen LogP contribution in [0.2, 0.25) is 0 Å². The van der Waals surface area contributed by atoms with Gasteiger partial charge in [0.05, 0.1) is 12.0 Å². The van der Waals surface area contributed by atoms with Crippen LogP contribution in [0, 0.1) is 41.4 Å². The molecule has 0 aromatic rings. The molecule has 2 unspecified atom stereocenters. The van der Waals surface area contributed by atoms with E-state index in [2.05, 4.69) is 24.8 Å². The van der Waals surface area contributed by atoms with E-state index in [1.807, 2.05) is 0 Å². The summed E-state index contributed by atoms with van der Waals surface area (Å²) in [6.45, 7) is 2.21. The van der Waals surface area contributed by atoms with Crippen LogP contribution in [0.3, 0.4) is 0 Å². The van der Waals surface area contributed by atoms with E-state index in [-0.39, 0.29) is 12.3 Å². The predicted molar refractivity (Wildman–Crippen MR) is 119 cm³/mol. The summed E-state index contributed by atoms with van der Waals surface area (Å²) in [6.07, 6.45) is 14.1. The molecule has 3 aliphatic carbocycles. The fraction of sp³-hybridized carbons (Fsp3) is 0.808. The van der Waals surface area contributed by atoms with Gasteiger partial charge in [0.2, 0.25) is 0 Å². The molecule has 0 aromatic carbocycles. The number of unbranched alkanes of at least 4 members (excludes halogenated alkanes) is 2. The number of carboxylic acids is 1. The molecular weight excluding hydrogens is 376 g/mol. The van der Waals surface area contributed by atoms with Crippen LogP contribution in [0.4, 0.5) is 0 Å². The van der Waals surface area contributed by atoms with Crippen molar-refractivity contribution in [1.29, 1.82) is 0 Å². The first kappa shape index (κ1) is 23.4. The molecule has 4 nitrogen and oxygen atoms in total. The number of aliphatic hydroxyl groups excluding tert-OH is 2. The maximum absolute atomic E-state index is 10.8. The Hall–Kier alpha value is -1.31. The minimum atomic E-state index is -0.727. The summed E-state index contributed by atoms with van der Waals surface area (Å²) in [5, 5.41) is 30.2. The summed E-state index contributed by atoms with van der Waals surface area (Å²) in [5.74, 6) is 7.36. The van der Waals surface area contributed by atoms with Crippen LogP contribution in [0.15, 0.2) is 11.6 Å². The van der Waals surface area contributed by atoms with Crippen molar-refractivity contribution in [3.05, 3.63) is 11.6 Å². The average Bonchev–Trinajstić information content (AvgIpc) is 2.74. The molecule has 6 atom stereocenters. The highest BCUT2D eigenvalue weighted by Crippen LogP contribution is 2.57. The van der Waals surface area contributed by atoms with Crippen molar-refractivity contribution in [3.8, 4) is 11.8 Å². The standard InChI is InChI=1S/C26H40O4/c1-2-3-11-20-19(12-7-8-13-25(29)30)21-14-17-24(28)22(26(20)21)15-16-23(27)18-9-5-4-6-10-18/h12,18,20-24,26-28H,2-11,13-14,17H2,1H3,(H,29,30)/t20?,21-,22+,23?,24-,26+/m1/s1. The Morgan fingerprint density at radius 2 is 1.93 bits per heavy atom. The minimum Gasteiger partial charge on any atom is -0.481 e. The largest absolute Gasteiger partial charge is 0.481 e. The van der Waals surface area contributed by atoms with Gasteiger partial charge < -0.3 is 15.3 Å². The zero-order valence-corrected chi connectivity index (χ0v) is 18.6. The number of rotatable bonds is 8. The molecule has 3 aliphatic rings. The molecule has 0 saturated heterocycles. The molecule has 3 saturated carbocycles. The van der Waals surface area contributed by atoms with Gasteiger partial charge in [-0.1, -0.05) is 62.5 Å². The molecule has 0 aromatic heterocycles. The van der Waals surface area contributed by atoms with Crippen LogP contribution in [0.1, 0.15) is 90.4 Å². The van der Waals surface area contributed by atoms with E-state index in [9.17, 15) is 15.0 Å². The lowest BCUT2D eigenvalue weighted by atomic mass is 9.50. The Balaban J connectivity index is 1.69. The lowest BCUT2D eigenvalue weighted by Crippen LogP contribution is -2.51. The average molecular weight is 417 g/mol. The van der Waals surface area contributed by atoms with Gasteiger partial charge in [-0.15, -0.1) is 0 Å². The van der Waals surface area contributed by atoms with Crippen molar-refractivity contribution >= 4 is 5.97 Å². The van der Waals surface area contributed by atoms with Gasteiger partial charge in [0, 0.05) is 6.42 Å². The molecule has 3 fully saturated rings. The zero-order chi connectivity index (χ0) is 21.5. The van der Waals surface area contributed by atoms with Crippen molar-refractivity contribution in [2.24, 2.45) is 29.6 Å². The van der Waals surface area contributed by atoms with Gasteiger partial charge in [0.25, 0.3) is 0 Å². The molecule has 0 radical (unpaired) electrons. The first-order valence-electron chi connectivity index (χ1n) is 12.3. The second-order valence-electron chi connectivity index (χ2n) is 9.72. The minimum absolute atomic E-state index is 0.0417. The zero-order valence-electron chi connectivity index (χ0n) is 18.6. The molecule has 4 heteroatoms. The van der Waals surface area contributed by atoms with Crippen LogP contribution >= 0.6 is 0 Å². The van der Waals surface area contributed by atoms with Gasteiger partial charge in [-0.3, -0.25) is 4.79 Å². The quantitative estimate of drug-likeness (QED) is 0.298. The Morgan fingerprint density at radius 1 is 1.17 bits per heavy atom. The van der Waals surface area contributed by atoms with Gasteiger partial charge >= 0.3 is 5.97 Å².